The highest BCUT2D eigenvalue weighted by Gasteiger charge is 2.32. The Bertz CT molecular complexity index is 812. The largest absolute Gasteiger partial charge is 0.393 e. The van der Waals surface area contributed by atoms with Crippen LogP contribution in [0.1, 0.15) is 45.9 Å². The van der Waals surface area contributed by atoms with Gasteiger partial charge in [-0.25, -0.2) is 0 Å². The van der Waals surface area contributed by atoms with Gasteiger partial charge in [0.1, 0.15) is 5.82 Å². The number of hydrogen-bond acceptors (Lipinski definition) is 5. The quantitative estimate of drug-likeness (QED) is 0.744. The van der Waals surface area contributed by atoms with Crippen molar-refractivity contribution in [3.63, 3.8) is 0 Å². The first-order chi connectivity index (χ1) is 11.6. The zero-order valence-electron chi connectivity index (χ0n) is 13.7. The second kappa shape index (κ2) is 5.63. The molecule has 0 amide bonds. The third-order valence-electron chi connectivity index (χ3n) is 5.18. The van der Waals surface area contributed by atoms with Crippen molar-refractivity contribution in [2.75, 3.05) is 17.6 Å². The summed E-state index contributed by atoms with van der Waals surface area (Å²) < 4.78 is 1.37. The van der Waals surface area contributed by atoms with Gasteiger partial charge in [0.15, 0.2) is 0 Å². The molecule has 4 N–H and O–H groups in total. The van der Waals surface area contributed by atoms with E-state index in [1.54, 1.807) is 0 Å². The van der Waals surface area contributed by atoms with E-state index in [0.29, 0.717) is 25.1 Å². The lowest BCUT2D eigenvalue weighted by molar-refractivity contribution is 0.0859. The minimum Gasteiger partial charge on any atom is -0.393 e. The number of para-hydroxylation sites is 1. The minimum absolute atomic E-state index is 0.0789. The number of nitrogens with two attached hydrogens (primary N) is 1. The molecular weight excluding hydrogens is 304 g/mol. The normalized spacial score (nSPS) is 22.4. The third-order valence-corrected chi connectivity index (χ3v) is 5.18. The van der Waals surface area contributed by atoms with Gasteiger partial charge in [-0.05, 0) is 37.3 Å². The number of aromatic nitrogens is 2. The molecule has 1 aromatic carbocycles. The standard InChI is InChI=1S/C18H22N4O2/c1-10-3-2-4-12-13(7-8-20-16(10)12)18(24)22-17(19)14-9-11(23)5-6-15(14)21-22/h2-4,11,13,20,23H,5-9,19H2,1H3/t11-,13?/m1/s1. The van der Waals surface area contributed by atoms with Crippen molar-refractivity contribution in [2.24, 2.45) is 0 Å². The first-order valence-corrected chi connectivity index (χ1v) is 8.48. The zero-order chi connectivity index (χ0) is 16.8. The Balaban J connectivity index is 1.73. The number of aryl methyl sites for hydroxylation is 2. The van der Waals surface area contributed by atoms with E-state index in [2.05, 4.69) is 10.4 Å². The van der Waals surface area contributed by atoms with Crippen LogP contribution in [-0.4, -0.2) is 33.4 Å². The van der Waals surface area contributed by atoms with E-state index in [-0.39, 0.29) is 11.8 Å². The summed E-state index contributed by atoms with van der Waals surface area (Å²) >= 11 is 0. The first-order valence-electron chi connectivity index (χ1n) is 8.48. The second-order valence-electron chi connectivity index (χ2n) is 6.76. The maximum absolute atomic E-state index is 13.1. The van der Waals surface area contributed by atoms with Crippen molar-refractivity contribution in [1.29, 1.82) is 0 Å². The number of rotatable bonds is 1. The number of nitrogens with one attached hydrogen (secondary N) is 1. The monoisotopic (exact) mass is 326 g/mol. The Morgan fingerprint density at radius 2 is 2.25 bits per heavy atom. The Morgan fingerprint density at radius 3 is 3.08 bits per heavy atom. The molecule has 6 heteroatoms. The number of carbonyl (C=O) groups is 1. The van der Waals surface area contributed by atoms with Crippen LogP contribution in [-0.2, 0) is 12.8 Å². The third kappa shape index (κ3) is 2.29. The molecule has 0 saturated heterocycles. The van der Waals surface area contributed by atoms with E-state index in [0.717, 1.165) is 41.0 Å². The molecule has 2 aromatic rings. The Kier molecular flexibility index (Phi) is 3.57. The number of aliphatic hydroxyl groups excluding tert-OH is 1. The van der Waals surface area contributed by atoms with Gasteiger partial charge in [0.25, 0.3) is 5.91 Å². The predicted octanol–water partition coefficient (Wildman–Crippen LogP) is 1.86. The second-order valence-corrected chi connectivity index (χ2v) is 6.76. The van der Waals surface area contributed by atoms with E-state index in [9.17, 15) is 9.90 Å². The van der Waals surface area contributed by atoms with Crippen molar-refractivity contribution in [1.82, 2.24) is 9.78 Å². The van der Waals surface area contributed by atoms with Gasteiger partial charge in [0.05, 0.1) is 17.7 Å². The SMILES string of the molecule is Cc1cccc2c1NCCC2C(=O)n1nc2c(c1N)C[C@H](O)CC2. The molecule has 0 radical (unpaired) electrons. The molecule has 0 saturated carbocycles. The Labute approximate surface area is 140 Å². The fourth-order valence-corrected chi connectivity index (χ4v) is 3.87. The smallest absolute Gasteiger partial charge is 0.256 e. The van der Waals surface area contributed by atoms with E-state index in [1.807, 2.05) is 25.1 Å². The lowest BCUT2D eigenvalue weighted by Crippen LogP contribution is -2.28. The highest BCUT2D eigenvalue weighted by atomic mass is 16.3. The molecule has 0 spiro atoms. The van der Waals surface area contributed by atoms with Crippen LogP contribution in [0.15, 0.2) is 18.2 Å². The molecular formula is C18H22N4O2. The summed E-state index contributed by atoms with van der Waals surface area (Å²) in [6.07, 6.45) is 2.16. The van der Waals surface area contributed by atoms with Gasteiger partial charge < -0.3 is 16.2 Å². The van der Waals surface area contributed by atoms with Crippen molar-refractivity contribution < 1.29 is 9.90 Å². The number of carbonyl (C=O) groups excluding carboxylic acids is 1. The van der Waals surface area contributed by atoms with Gasteiger partial charge in [0.2, 0.25) is 0 Å². The zero-order valence-corrected chi connectivity index (χ0v) is 13.7. The van der Waals surface area contributed by atoms with Crippen LogP contribution < -0.4 is 11.1 Å². The molecule has 6 nitrogen and oxygen atoms in total. The lowest BCUT2D eigenvalue weighted by Gasteiger charge is -2.27. The molecule has 1 unspecified atom stereocenters. The fourth-order valence-electron chi connectivity index (χ4n) is 3.87. The average molecular weight is 326 g/mol. The van der Waals surface area contributed by atoms with Crippen molar-refractivity contribution in [2.45, 2.75) is 44.6 Å². The molecule has 2 atom stereocenters. The number of nitrogens with zero attached hydrogens (tertiary/aromatic N) is 2. The van der Waals surface area contributed by atoms with E-state index in [1.165, 1.54) is 4.68 Å². The summed E-state index contributed by atoms with van der Waals surface area (Å²) in [5.41, 5.74) is 11.1. The maximum atomic E-state index is 13.1. The lowest BCUT2D eigenvalue weighted by atomic mass is 9.88. The molecule has 1 aliphatic heterocycles. The average Bonchev–Trinajstić information content (AvgIpc) is 2.91. The molecule has 4 rings (SSSR count). The Hall–Kier alpha value is -2.34. The maximum Gasteiger partial charge on any atom is 0.256 e. The number of nitrogen functional groups attached to an aromatic ring is 1. The highest BCUT2D eigenvalue weighted by Crippen LogP contribution is 2.36. The minimum atomic E-state index is -0.394. The molecule has 2 aliphatic rings. The first kappa shape index (κ1) is 15.2. The van der Waals surface area contributed by atoms with Gasteiger partial charge in [-0.1, -0.05) is 18.2 Å². The predicted molar refractivity (Wildman–Crippen MR) is 92.3 cm³/mol. The number of anilines is 2. The molecule has 0 fully saturated rings. The summed E-state index contributed by atoms with van der Waals surface area (Å²) in [5.74, 6) is 0.0703. The van der Waals surface area contributed by atoms with Crippen molar-refractivity contribution >= 4 is 17.4 Å². The Morgan fingerprint density at radius 1 is 1.42 bits per heavy atom. The highest BCUT2D eigenvalue weighted by molar-refractivity contribution is 5.90. The number of aliphatic hydroxyl groups is 1. The van der Waals surface area contributed by atoms with Crippen molar-refractivity contribution in [3.05, 3.63) is 40.6 Å². The van der Waals surface area contributed by atoms with Crippen LogP contribution in [0.2, 0.25) is 0 Å². The topological polar surface area (TPSA) is 93.2 Å². The van der Waals surface area contributed by atoms with Crippen LogP contribution in [0.25, 0.3) is 0 Å². The van der Waals surface area contributed by atoms with Gasteiger partial charge in [-0.15, -0.1) is 0 Å². The molecule has 1 aliphatic carbocycles. The van der Waals surface area contributed by atoms with Crippen LogP contribution in [0.4, 0.5) is 11.5 Å². The summed E-state index contributed by atoms with van der Waals surface area (Å²) in [6, 6.07) is 6.02. The van der Waals surface area contributed by atoms with Crippen LogP contribution in [0, 0.1) is 6.92 Å². The van der Waals surface area contributed by atoms with Gasteiger partial charge in [0, 0.05) is 24.2 Å². The summed E-state index contributed by atoms with van der Waals surface area (Å²) in [7, 11) is 0. The van der Waals surface area contributed by atoms with Crippen molar-refractivity contribution in [3.8, 4) is 0 Å². The number of hydrogen-bond donors (Lipinski definition) is 3. The van der Waals surface area contributed by atoms with E-state index >= 15 is 0 Å². The molecule has 24 heavy (non-hydrogen) atoms. The molecule has 0 bridgehead atoms. The molecule has 1 aromatic heterocycles. The van der Waals surface area contributed by atoms with E-state index in [4.69, 9.17) is 5.73 Å². The van der Waals surface area contributed by atoms with Gasteiger partial charge in [-0.3, -0.25) is 4.79 Å². The van der Waals surface area contributed by atoms with Gasteiger partial charge >= 0.3 is 0 Å². The summed E-state index contributed by atoms with van der Waals surface area (Å²) in [6.45, 7) is 2.80. The summed E-state index contributed by atoms with van der Waals surface area (Å²) in [4.78, 5) is 13.1. The van der Waals surface area contributed by atoms with Crippen LogP contribution in [0.5, 0.6) is 0 Å². The van der Waals surface area contributed by atoms with E-state index < -0.39 is 6.10 Å². The van der Waals surface area contributed by atoms with Crippen LogP contribution >= 0.6 is 0 Å². The van der Waals surface area contributed by atoms with Gasteiger partial charge in [-0.2, -0.15) is 9.78 Å². The fraction of sp³-hybridized carbons (Fsp3) is 0.444. The molecule has 126 valence electrons. The number of benzene rings is 1. The van der Waals surface area contributed by atoms with Crippen LogP contribution in [0.3, 0.4) is 0 Å². The molecule has 2 heterocycles. The summed E-state index contributed by atoms with van der Waals surface area (Å²) in [5, 5.41) is 17.7. The number of fused-ring (bicyclic) bond motifs is 2.